The lowest BCUT2D eigenvalue weighted by atomic mass is 9.91. The van der Waals surface area contributed by atoms with E-state index in [1.165, 1.54) is 11.8 Å². The molecule has 0 unspecified atom stereocenters. The van der Waals surface area contributed by atoms with Crippen molar-refractivity contribution in [2.24, 2.45) is 11.8 Å². The molecule has 0 aliphatic carbocycles. The summed E-state index contributed by atoms with van der Waals surface area (Å²) < 4.78 is 0. The summed E-state index contributed by atoms with van der Waals surface area (Å²) in [5.74, 6) is 0.975. The highest BCUT2D eigenvalue weighted by atomic mass is 35.5. The summed E-state index contributed by atoms with van der Waals surface area (Å²) in [5.41, 5.74) is 2.30. The Hall–Kier alpha value is -2.24. The van der Waals surface area contributed by atoms with E-state index in [1.54, 1.807) is 11.9 Å². The summed E-state index contributed by atoms with van der Waals surface area (Å²) in [6.45, 7) is 5.96. The Balaban J connectivity index is 1.61. The number of fused-ring (bicyclic) bond motifs is 1. The van der Waals surface area contributed by atoms with E-state index in [0.717, 1.165) is 35.7 Å². The van der Waals surface area contributed by atoms with Gasteiger partial charge in [-0.15, -0.1) is 0 Å². The molecule has 0 spiro atoms. The first-order chi connectivity index (χ1) is 14.3. The van der Waals surface area contributed by atoms with Crippen LogP contribution in [0.5, 0.6) is 0 Å². The molecule has 0 saturated carbocycles. The van der Waals surface area contributed by atoms with Gasteiger partial charge < -0.3 is 9.80 Å². The number of anilines is 1. The monoisotopic (exact) mass is 440 g/mol. The fourth-order valence-electron chi connectivity index (χ4n) is 4.29. The summed E-state index contributed by atoms with van der Waals surface area (Å²) in [6, 6.07) is 13.1. The van der Waals surface area contributed by atoms with Crippen LogP contribution < -0.4 is 4.90 Å². The van der Waals surface area contributed by atoms with Crippen molar-refractivity contribution in [1.29, 1.82) is 0 Å². The van der Waals surface area contributed by atoms with Crippen LogP contribution in [-0.4, -0.2) is 36.9 Å². The predicted octanol–water partition coefficient (Wildman–Crippen LogP) is 5.57. The molecule has 2 aromatic carbocycles. The number of nitrogens with zero attached hydrogens (tertiary/aromatic N) is 2. The van der Waals surface area contributed by atoms with Gasteiger partial charge in [0.1, 0.15) is 0 Å². The van der Waals surface area contributed by atoms with Crippen molar-refractivity contribution in [3.05, 3.63) is 63.5 Å². The number of likely N-dealkylation sites (N-methyl/N-ethyl adjacent to an activating group) is 1. The van der Waals surface area contributed by atoms with Crippen molar-refractivity contribution in [2.45, 2.75) is 25.2 Å². The van der Waals surface area contributed by atoms with E-state index in [0.29, 0.717) is 27.3 Å². The second kappa shape index (κ2) is 8.48. The quantitative estimate of drug-likeness (QED) is 0.573. The first kappa shape index (κ1) is 21.0. The van der Waals surface area contributed by atoms with Gasteiger partial charge in [0.05, 0.1) is 10.6 Å². The third-order valence-corrected chi connectivity index (χ3v) is 6.92. The number of hydrogen-bond acceptors (Lipinski definition) is 3. The van der Waals surface area contributed by atoms with Gasteiger partial charge in [-0.25, -0.2) is 0 Å². The van der Waals surface area contributed by atoms with Crippen molar-refractivity contribution in [1.82, 2.24) is 4.90 Å². The highest BCUT2D eigenvalue weighted by Gasteiger charge is 2.30. The van der Waals surface area contributed by atoms with Crippen LogP contribution in [0.4, 0.5) is 5.69 Å². The molecular formula is C24H25ClN2O2S. The standard InChI is InChI=1S/C24H25ClN2O2S/c1-15-9-16(2)14-27(13-15)23(28)18-7-8-21-20(12-18)26(3)24(29)22(30-21)11-17-5-4-6-19(25)10-17/h4-8,10-12,15-16H,9,13-14H2,1-3H3/b22-11-/t15-,16-/m1/s1. The second-order valence-electron chi connectivity index (χ2n) is 8.37. The van der Waals surface area contributed by atoms with Crippen LogP contribution in [0.15, 0.2) is 52.3 Å². The average Bonchev–Trinajstić information content (AvgIpc) is 2.70. The van der Waals surface area contributed by atoms with Crippen LogP contribution in [0.25, 0.3) is 6.08 Å². The molecule has 1 saturated heterocycles. The first-order valence-corrected chi connectivity index (χ1v) is 11.4. The number of amides is 2. The summed E-state index contributed by atoms with van der Waals surface area (Å²) in [5, 5.41) is 0.635. The highest BCUT2D eigenvalue weighted by molar-refractivity contribution is 8.04. The van der Waals surface area contributed by atoms with Crippen LogP contribution in [0, 0.1) is 11.8 Å². The minimum absolute atomic E-state index is 0.0438. The van der Waals surface area contributed by atoms with Crippen molar-refractivity contribution < 1.29 is 9.59 Å². The molecule has 1 fully saturated rings. The SMILES string of the molecule is C[C@@H]1C[C@@H](C)CN(C(=O)c2ccc3c(c2)N(C)C(=O)/C(=C/c2cccc(Cl)c2)S3)C1. The predicted molar refractivity (Wildman–Crippen MR) is 124 cm³/mol. The Morgan fingerprint density at radius 1 is 1.13 bits per heavy atom. The molecule has 2 aliphatic rings. The number of thioether (sulfide) groups is 1. The summed E-state index contributed by atoms with van der Waals surface area (Å²) in [6.07, 6.45) is 3.01. The Morgan fingerprint density at radius 2 is 1.87 bits per heavy atom. The number of carbonyl (C=O) groups is 2. The fraction of sp³-hybridized carbons (Fsp3) is 0.333. The van der Waals surface area contributed by atoms with Gasteiger partial charge in [-0.3, -0.25) is 9.59 Å². The van der Waals surface area contributed by atoms with Crippen molar-refractivity contribution >= 4 is 46.9 Å². The Kier molecular flexibility index (Phi) is 5.94. The van der Waals surface area contributed by atoms with Gasteiger partial charge >= 0.3 is 0 Å². The minimum Gasteiger partial charge on any atom is -0.338 e. The summed E-state index contributed by atoms with van der Waals surface area (Å²) >= 11 is 7.50. The molecule has 4 nitrogen and oxygen atoms in total. The number of halogens is 1. The van der Waals surface area contributed by atoms with Gasteiger partial charge in [-0.2, -0.15) is 0 Å². The van der Waals surface area contributed by atoms with E-state index in [2.05, 4.69) is 13.8 Å². The Labute approximate surface area is 186 Å². The molecule has 4 rings (SSSR count). The van der Waals surface area contributed by atoms with E-state index in [4.69, 9.17) is 11.6 Å². The van der Waals surface area contributed by atoms with Crippen LogP contribution in [0.3, 0.4) is 0 Å². The molecule has 0 N–H and O–H groups in total. The van der Waals surface area contributed by atoms with E-state index in [1.807, 2.05) is 53.4 Å². The van der Waals surface area contributed by atoms with Crippen molar-refractivity contribution in [2.75, 3.05) is 25.0 Å². The molecule has 156 valence electrons. The van der Waals surface area contributed by atoms with Crippen LogP contribution in [0.2, 0.25) is 5.02 Å². The average molecular weight is 441 g/mol. The number of carbonyl (C=O) groups excluding carboxylic acids is 2. The maximum atomic E-state index is 13.1. The molecule has 2 aromatic rings. The van der Waals surface area contributed by atoms with E-state index >= 15 is 0 Å². The fourth-order valence-corrected chi connectivity index (χ4v) is 5.58. The zero-order valence-electron chi connectivity index (χ0n) is 17.4. The largest absolute Gasteiger partial charge is 0.338 e. The normalized spacial score (nSPS) is 22.9. The smallest absolute Gasteiger partial charge is 0.264 e. The molecule has 2 amide bonds. The number of rotatable bonds is 2. The Bertz CT molecular complexity index is 1030. The number of benzene rings is 2. The molecule has 2 atom stereocenters. The maximum Gasteiger partial charge on any atom is 0.264 e. The van der Waals surface area contributed by atoms with Crippen molar-refractivity contribution in [3.63, 3.8) is 0 Å². The van der Waals surface area contributed by atoms with Crippen molar-refractivity contribution in [3.8, 4) is 0 Å². The molecule has 0 bridgehead atoms. The van der Waals surface area contributed by atoms with Gasteiger partial charge in [-0.1, -0.05) is 49.3 Å². The molecule has 2 heterocycles. The zero-order valence-corrected chi connectivity index (χ0v) is 19.0. The highest BCUT2D eigenvalue weighted by Crippen LogP contribution is 2.42. The number of likely N-dealkylation sites (tertiary alicyclic amines) is 1. The van der Waals surface area contributed by atoms with E-state index in [-0.39, 0.29) is 11.8 Å². The Morgan fingerprint density at radius 3 is 2.57 bits per heavy atom. The van der Waals surface area contributed by atoms with Gasteiger partial charge in [0.25, 0.3) is 11.8 Å². The summed E-state index contributed by atoms with van der Waals surface area (Å²) in [4.78, 5) is 31.2. The topological polar surface area (TPSA) is 40.6 Å². The summed E-state index contributed by atoms with van der Waals surface area (Å²) in [7, 11) is 1.76. The lowest BCUT2D eigenvalue weighted by molar-refractivity contribution is -0.114. The molecule has 6 heteroatoms. The molecule has 0 aromatic heterocycles. The maximum absolute atomic E-state index is 13.1. The van der Waals surface area contributed by atoms with Gasteiger partial charge in [0.15, 0.2) is 0 Å². The van der Waals surface area contributed by atoms with Crippen LogP contribution >= 0.6 is 23.4 Å². The van der Waals surface area contributed by atoms with Crippen LogP contribution in [0.1, 0.15) is 36.2 Å². The molecule has 30 heavy (non-hydrogen) atoms. The lowest BCUT2D eigenvalue weighted by Crippen LogP contribution is -2.42. The third-order valence-electron chi connectivity index (χ3n) is 5.61. The number of piperidine rings is 1. The number of hydrogen-bond donors (Lipinski definition) is 0. The molecular weight excluding hydrogens is 416 g/mol. The third kappa shape index (κ3) is 4.28. The van der Waals surface area contributed by atoms with Crippen LogP contribution in [-0.2, 0) is 4.79 Å². The molecule has 0 radical (unpaired) electrons. The van der Waals surface area contributed by atoms with E-state index < -0.39 is 0 Å². The van der Waals surface area contributed by atoms with Gasteiger partial charge in [-0.05, 0) is 60.2 Å². The van der Waals surface area contributed by atoms with Gasteiger partial charge in [0.2, 0.25) is 0 Å². The van der Waals surface area contributed by atoms with E-state index in [9.17, 15) is 9.59 Å². The minimum atomic E-state index is -0.0858. The zero-order chi connectivity index (χ0) is 21.4. The van der Waals surface area contributed by atoms with Gasteiger partial charge in [0, 0.05) is 35.6 Å². The molecule has 2 aliphatic heterocycles. The lowest BCUT2D eigenvalue weighted by Gasteiger charge is -2.35. The second-order valence-corrected chi connectivity index (χ2v) is 9.89. The first-order valence-electron chi connectivity index (χ1n) is 10.2.